The molecule has 1 aromatic carbocycles. The van der Waals surface area contributed by atoms with Crippen LogP contribution in [0.1, 0.15) is 5.82 Å². The number of tetrazole rings is 1. The summed E-state index contributed by atoms with van der Waals surface area (Å²) in [4.78, 5) is 0. The molecule has 15 heavy (non-hydrogen) atoms. The van der Waals surface area contributed by atoms with E-state index in [-0.39, 0.29) is 5.88 Å². The number of hydrogen-bond acceptors (Lipinski definition) is 3. The summed E-state index contributed by atoms with van der Waals surface area (Å²) in [5, 5.41) is 11.3. The third kappa shape index (κ3) is 2.31. The molecule has 0 amide bonds. The first-order valence-corrected chi connectivity index (χ1v) is 6.41. The van der Waals surface area contributed by atoms with Crippen molar-refractivity contribution in [2.24, 2.45) is 0 Å². The molecule has 4 nitrogen and oxygen atoms in total. The third-order valence-corrected chi connectivity index (χ3v) is 3.43. The number of aromatic nitrogens is 4. The van der Waals surface area contributed by atoms with Gasteiger partial charge in [0.05, 0.1) is 11.6 Å². The molecule has 2 aromatic rings. The van der Waals surface area contributed by atoms with Crippen LogP contribution < -0.4 is 0 Å². The Balaban J connectivity index is 2.58. The predicted molar refractivity (Wildman–Crippen MR) is 69.1 cm³/mol. The van der Waals surface area contributed by atoms with Gasteiger partial charge in [-0.05, 0) is 51.2 Å². The summed E-state index contributed by atoms with van der Waals surface area (Å²) in [5.41, 5.74) is 0.922. The van der Waals surface area contributed by atoms with E-state index in [1.54, 1.807) is 4.68 Å². The maximum atomic E-state index is 5.74. The topological polar surface area (TPSA) is 43.6 Å². The summed E-state index contributed by atoms with van der Waals surface area (Å²) in [7, 11) is 0. The highest BCUT2D eigenvalue weighted by atomic mass is 127. The molecule has 78 valence electrons. The second-order valence-corrected chi connectivity index (χ2v) is 5.08. The van der Waals surface area contributed by atoms with Gasteiger partial charge in [-0.25, -0.2) is 0 Å². The van der Waals surface area contributed by atoms with Gasteiger partial charge in [0, 0.05) is 8.04 Å². The minimum Gasteiger partial charge on any atom is -0.195 e. The average Bonchev–Trinajstić information content (AvgIpc) is 2.69. The maximum absolute atomic E-state index is 5.74. The number of nitrogens with zero attached hydrogens (tertiary/aromatic N) is 4. The smallest absolute Gasteiger partial charge is 0.171 e. The van der Waals surface area contributed by atoms with Crippen molar-refractivity contribution in [2.45, 2.75) is 5.88 Å². The Kier molecular flexibility index (Phi) is 3.57. The van der Waals surface area contributed by atoms with Gasteiger partial charge in [0.25, 0.3) is 0 Å². The van der Waals surface area contributed by atoms with Gasteiger partial charge in [-0.3, -0.25) is 0 Å². The monoisotopic (exact) mass is 398 g/mol. The van der Waals surface area contributed by atoms with Gasteiger partial charge < -0.3 is 0 Å². The molecule has 0 N–H and O–H groups in total. The Hall–Kier alpha value is -0.210. The van der Waals surface area contributed by atoms with Gasteiger partial charge in [-0.15, -0.1) is 16.7 Å². The lowest BCUT2D eigenvalue weighted by Gasteiger charge is -2.05. The van der Waals surface area contributed by atoms with Gasteiger partial charge in [-0.1, -0.05) is 15.9 Å². The normalized spacial score (nSPS) is 10.6. The van der Waals surface area contributed by atoms with Crippen LogP contribution in [0, 0.1) is 3.57 Å². The fraction of sp³-hybridized carbons (Fsp3) is 0.125. The molecule has 0 radical (unpaired) electrons. The van der Waals surface area contributed by atoms with Crippen molar-refractivity contribution in [3.05, 3.63) is 32.1 Å². The van der Waals surface area contributed by atoms with Crippen molar-refractivity contribution in [1.29, 1.82) is 0 Å². The highest BCUT2D eigenvalue weighted by Crippen LogP contribution is 2.22. The Morgan fingerprint density at radius 3 is 3.00 bits per heavy atom. The molecular formula is C8H5BrClIN4. The van der Waals surface area contributed by atoms with Gasteiger partial charge in [0.1, 0.15) is 0 Å². The van der Waals surface area contributed by atoms with Crippen LogP contribution in [-0.2, 0) is 5.88 Å². The molecule has 0 aliphatic heterocycles. The summed E-state index contributed by atoms with van der Waals surface area (Å²) in [6.07, 6.45) is 0. The fourth-order valence-corrected chi connectivity index (χ4v) is 2.20. The summed E-state index contributed by atoms with van der Waals surface area (Å²) in [6.45, 7) is 0. The average molecular weight is 399 g/mol. The highest BCUT2D eigenvalue weighted by molar-refractivity contribution is 14.1. The van der Waals surface area contributed by atoms with Crippen LogP contribution in [0.25, 0.3) is 5.69 Å². The number of benzene rings is 1. The minimum atomic E-state index is 0.287. The Morgan fingerprint density at radius 2 is 2.27 bits per heavy atom. The first-order valence-electron chi connectivity index (χ1n) is 4.01. The number of alkyl halides is 1. The van der Waals surface area contributed by atoms with Gasteiger partial charge >= 0.3 is 0 Å². The molecular weight excluding hydrogens is 394 g/mol. The lowest BCUT2D eigenvalue weighted by atomic mass is 10.3. The lowest BCUT2D eigenvalue weighted by Crippen LogP contribution is -2.03. The van der Waals surface area contributed by atoms with Gasteiger partial charge in [-0.2, -0.15) is 4.68 Å². The molecule has 0 bridgehead atoms. The number of hydrogen-bond donors (Lipinski definition) is 0. The zero-order valence-electron chi connectivity index (χ0n) is 7.36. The second kappa shape index (κ2) is 4.75. The molecule has 0 fully saturated rings. The van der Waals surface area contributed by atoms with Crippen molar-refractivity contribution in [2.75, 3.05) is 0 Å². The highest BCUT2D eigenvalue weighted by Gasteiger charge is 2.10. The van der Waals surface area contributed by atoms with E-state index in [1.165, 1.54) is 0 Å². The van der Waals surface area contributed by atoms with Gasteiger partial charge in [0.2, 0.25) is 0 Å². The maximum Gasteiger partial charge on any atom is 0.171 e. The summed E-state index contributed by atoms with van der Waals surface area (Å²) < 4.78 is 3.68. The van der Waals surface area contributed by atoms with E-state index >= 15 is 0 Å². The SMILES string of the molecule is ClCc1nnnn1-c1cc(Br)ccc1I. The third-order valence-electron chi connectivity index (χ3n) is 1.79. The van der Waals surface area contributed by atoms with Crippen LogP contribution in [0.3, 0.4) is 0 Å². The van der Waals surface area contributed by atoms with E-state index in [0.717, 1.165) is 13.7 Å². The van der Waals surface area contributed by atoms with Crippen molar-refractivity contribution in [3.8, 4) is 5.69 Å². The lowest BCUT2D eigenvalue weighted by molar-refractivity contribution is 0.774. The molecule has 0 aliphatic rings. The largest absolute Gasteiger partial charge is 0.195 e. The molecule has 1 aromatic heterocycles. The molecule has 2 rings (SSSR count). The van der Waals surface area contributed by atoms with Crippen LogP contribution in [-0.4, -0.2) is 20.2 Å². The zero-order chi connectivity index (χ0) is 10.8. The molecule has 1 heterocycles. The molecule has 0 aliphatic carbocycles. The fourth-order valence-electron chi connectivity index (χ4n) is 1.12. The quantitative estimate of drug-likeness (QED) is 0.576. The van der Waals surface area contributed by atoms with Crippen LogP contribution >= 0.6 is 50.1 Å². The van der Waals surface area contributed by atoms with E-state index < -0.39 is 0 Å². The number of halogens is 3. The molecule has 0 atom stereocenters. The van der Waals surface area contributed by atoms with E-state index in [0.29, 0.717) is 5.82 Å². The van der Waals surface area contributed by atoms with E-state index in [9.17, 15) is 0 Å². The van der Waals surface area contributed by atoms with E-state index in [1.807, 2.05) is 18.2 Å². The summed E-state index contributed by atoms with van der Waals surface area (Å²) in [5.74, 6) is 0.919. The molecule has 0 saturated heterocycles. The first kappa shape index (κ1) is 11.3. The van der Waals surface area contributed by atoms with Crippen molar-refractivity contribution >= 4 is 50.1 Å². The standard InChI is InChI=1S/C8H5BrClIN4/c9-5-1-2-6(11)7(3-5)15-8(4-10)12-13-14-15/h1-3H,4H2. The Morgan fingerprint density at radius 1 is 1.47 bits per heavy atom. The predicted octanol–water partition coefficient (Wildman–Crippen LogP) is 2.77. The van der Waals surface area contributed by atoms with Gasteiger partial charge in [0.15, 0.2) is 5.82 Å². The summed E-state index contributed by atoms with van der Waals surface area (Å²) in [6, 6.07) is 5.91. The Labute approximate surface area is 113 Å². The number of rotatable bonds is 2. The van der Waals surface area contributed by atoms with Crippen molar-refractivity contribution in [1.82, 2.24) is 20.2 Å². The van der Waals surface area contributed by atoms with Crippen LogP contribution in [0.5, 0.6) is 0 Å². The van der Waals surface area contributed by atoms with E-state index in [2.05, 4.69) is 54.0 Å². The Bertz CT molecular complexity index is 487. The summed E-state index contributed by atoms with van der Waals surface area (Å²) >= 11 is 11.4. The van der Waals surface area contributed by atoms with Crippen molar-refractivity contribution < 1.29 is 0 Å². The first-order chi connectivity index (χ1) is 7.22. The van der Waals surface area contributed by atoms with E-state index in [4.69, 9.17) is 11.6 Å². The molecule has 0 spiro atoms. The van der Waals surface area contributed by atoms with Crippen LogP contribution in [0.4, 0.5) is 0 Å². The van der Waals surface area contributed by atoms with Crippen LogP contribution in [0.2, 0.25) is 0 Å². The molecule has 0 unspecified atom stereocenters. The zero-order valence-corrected chi connectivity index (χ0v) is 11.9. The van der Waals surface area contributed by atoms with Crippen LogP contribution in [0.15, 0.2) is 22.7 Å². The molecule has 7 heteroatoms. The minimum absolute atomic E-state index is 0.287. The van der Waals surface area contributed by atoms with Crippen molar-refractivity contribution in [3.63, 3.8) is 0 Å². The molecule has 0 saturated carbocycles. The second-order valence-electron chi connectivity index (χ2n) is 2.74.